The van der Waals surface area contributed by atoms with Crippen molar-refractivity contribution in [3.05, 3.63) is 58.7 Å². The predicted molar refractivity (Wildman–Crippen MR) is 93.2 cm³/mol. The van der Waals surface area contributed by atoms with Gasteiger partial charge in [-0.2, -0.15) is 0 Å². The molecule has 0 aliphatic heterocycles. The van der Waals surface area contributed by atoms with Crippen LogP contribution in [-0.4, -0.2) is 35.7 Å². The number of hydrogen-bond acceptors (Lipinski definition) is 5. The summed E-state index contributed by atoms with van der Waals surface area (Å²) in [4.78, 5) is 36.8. The number of anilines is 1. The second kappa shape index (κ2) is 6.76. The number of amides is 1. The van der Waals surface area contributed by atoms with E-state index in [1.807, 2.05) is 0 Å². The van der Waals surface area contributed by atoms with E-state index in [2.05, 4.69) is 10.6 Å². The standard InChI is InChI=1S/C19H18N2O4/c1-2-15(23)21-10-9-20-13-7-8-14(22)17-16(13)18(24)11-5-3-4-6-12(11)19(17)25/h3-8,20,22H,2,9-10H2,1H3,(H,21,23). The van der Waals surface area contributed by atoms with Gasteiger partial charge in [-0.25, -0.2) is 0 Å². The lowest BCUT2D eigenvalue weighted by Crippen LogP contribution is -2.29. The largest absolute Gasteiger partial charge is 0.507 e. The van der Waals surface area contributed by atoms with Gasteiger partial charge in [-0.05, 0) is 12.1 Å². The molecule has 0 radical (unpaired) electrons. The maximum Gasteiger partial charge on any atom is 0.219 e. The SMILES string of the molecule is CCC(=O)NCCNc1ccc(O)c2c1C(=O)c1ccccc1C2=O. The lowest BCUT2D eigenvalue weighted by atomic mass is 9.82. The molecule has 2 aromatic rings. The second-order valence-electron chi connectivity index (χ2n) is 5.72. The Labute approximate surface area is 144 Å². The van der Waals surface area contributed by atoms with Gasteiger partial charge in [0.15, 0.2) is 11.6 Å². The average Bonchev–Trinajstić information content (AvgIpc) is 2.63. The van der Waals surface area contributed by atoms with Crippen LogP contribution in [0.4, 0.5) is 5.69 Å². The minimum Gasteiger partial charge on any atom is -0.507 e. The average molecular weight is 338 g/mol. The molecule has 0 saturated heterocycles. The van der Waals surface area contributed by atoms with Crippen LogP contribution in [0.5, 0.6) is 5.75 Å². The Kier molecular flexibility index (Phi) is 4.52. The number of hydrogen-bond donors (Lipinski definition) is 3. The van der Waals surface area contributed by atoms with Gasteiger partial charge in [0.2, 0.25) is 5.91 Å². The predicted octanol–water partition coefficient (Wildman–Crippen LogP) is 2.11. The molecule has 1 amide bonds. The summed E-state index contributed by atoms with van der Waals surface area (Å²) in [5.41, 5.74) is 1.28. The molecule has 0 bridgehead atoms. The molecule has 0 saturated carbocycles. The van der Waals surface area contributed by atoms with Crippen LogP contribution in [-0.2, 0) is 4.79 Å². The van der Waals surface area contributed by atoms with E-state index in [1.165, 1.54) is 6.07 Å². The Hall–Kier alpha value is -3.15. The summed E-state index contributed by atoms with van der Waals surface area (Å²) in [5.74, 6) is -0.950. The van der Waals surface area contributed by atoms with Crippen molar-refractivity contribution < 1.29 is 19.5 Å². The molecule has 2 aromatic carbocycles. The molecule has 3 rings (SSSR count). The first-order valence-corrected chi connectivity index (χ1v) is 8.09. The van der Waals surface area contributed by atoms with Crippen molar-refractivity contribution >= 4 is 23.2 Å². The molecule has 128 valence electrons. The number of aromatic hydroxyl groups is 1. The van der Waals surface area contributed by atoms with Crippen molar-refractivity contribution in [2.24, 2.45) is 0 Å². The summed E-state index contributed by atoms with van der Waals surface area (Å²) in [5, 5.41) is 15.9. The van der Waals surface area contributed by atoms with Gasteiger partial charge in [-0.1, -0.05) is 31.2 Å². The maximum atomic E-state index is 12.8. The molecule has 0 spiro atoms. The van der Waals surface area contributed by atoms with E-state index in [0.29, 0.717) is 36.3 Å². The molecule has 25 heavy (non-hydrogen) atoms. The lowest BCUT2D eigenvalue weighted by Gasteiger charge is -2.21. The van der Waals surface area contributed by atoms with Crippen LogP contribution in [0.1, 0.15) is 45.2 Å². The number of rotatable bonds is 5. The zero-order valence-electron chi connectivity index (χ0n) is 13.8. The number of phenolic OH excluding ortho intramolecular Hbond substituents is 1. The zero-order chi connectivity index (χ0) is 18.0. The van der Waals surface area contributed by atoms with E-state index in [4.69, 9.17) is 0 Å². The molecule has 1 aliphatic rings. The molecule has 6 nitrogen and oxygen atoms in total. The molecular weight excluding hydrogens is 320 g/mol. The summed E-state index contributed by atoms with van der Waals surface area (Å²) < 4.78 is 0. The Morgan fingerprint density at radius 2 is 1.60 bits per heavy atom. The third-order valence-corrected chi connectivity index (χ3v) is 4.14. The van der Waals surface area contributed by atoms with Gasteiger partial charge in [0, 0.05) is 36.3 Å². The summed E-state index contributed by atoms with van der Waals surface area (Å²) in [6.07, 6.45) is 0.401. The number of nitrogens with one attached hydrogen (secondary N) is 2. The number of carbonyl (C=O) groups is 3. The van der Waals surface area contributed by atoms with E-state index in [0.717, 1.165) is 0 Å². The van der Waals surface area contributed by atoms with E-state index < -0.39 is 0 Å². The summed E-state index contributed by atoms with van der Waals surface area (Å²) in [6, 6.07) is 9.53. The fourth-order valence-electron chi connectivity index (χ4n) is 2.88. The molecular formula is C19H18N2O4. The molecule has 6 heteroatoms. The second-order valence-corrected chi connectivity index (χ2v) is 5.72. The minimum absolute atomic E-state index is 0.0197. The fourth-order valence-corrected chi connectivity index (χ4v) is 2.88. The van der Waals surface area contributed by atoms with Crippen LogP contribution in [0.25, 0.3) is 0 Å². The van der Waals surface area contributed by atoms with E-state index in [-0.39, 0.29) is 34.4 Å². The van der Waals surface area contributed by atoms with Crippen LogP contribution in [0, 0.1) is 0 Å². The summed E-state index contributed by atoms with van der Waals surface area (Å²) in [7, 11) is 0. The molecule has 0 atom stereocenters. The van der Waals surface area contributed by atoms with Crippen molar-refractivity contribution in [2.75, 3.05) is 18.4 Å². The van der Waals surface area contributed by atoms with Crippen molar-refractivity contribution in [2.45, 2.75) is 13.3 Å². The van der Waals surface area contributed by atoms with Crippen LogP contribution >= 0.6 is 0 Å². The number of carbonyl (C=O) groups excluding carboxylic acids is 3. The Balaban J connectivity index is 1.92. The molecule has 0 fully saturated rings. The first-order chi connectivity index (χ1) is 12.0. The molecule has 3 N–H and O–H groups in total. The lowest BCUT2D eigenvalue weighted by molar-refractivity contribution is -0.120. The van der Waals surface area contributed by atoms with E-state index in [9.17, 15) is 19.5 Å². The highest BCUT2D eigenvalue weighted by atomic mass is 16.3. The monoisotopic (exact) mass is 338 g/mol. The Bertz CT molecular complexity index is 874. The van der Waals surface area contributed by atoms with Crippen LogP contribution in [0.3, 0.4) is 0 Å². The van der Waals surface area contributed by atoms with Crippen molar-refractivity contribution in [1.82, 2.24) is 5.32 Å². The topological polar surface area (TPSA) is 95.5 Å². The van der Waals surface area contributed by atoms with Crippen LogP contribution in [0.15, 0.2) is 36.4 Å². The normalized spacial score (nSPS) is 12.4. The van der Waals surface area contributed by atoms with Crippen molar-refractivity contribution in [3.63, 3.8) is 0 Å². The first kappa shape index (κ1) is 16.7. The Morgan fingerprint density at radius 1 is 0.960 bits per heavy atom. The van der Waals surface area contributed by atoms with Crippen molar-refractivity contribution in [1.29, 1.82) is 0 Å². The Morgan fingerprint density at radius 3 is 2.24 bits per heavy atom. The van der Waals surface area contributed by atoms with Gasteiger partial charge in [-0.15, -0.1) is 0 Å². The fraction of sp³-hybridized carbons (Fsp3) is 0.211. The van der Waals surface area contributed by atoms with Gasteiger partial charge >= 0.3 is 0 Å². The maximum absolute atomic E-state index is 12.8. The van der Waals surface area contributed by atoms with Gasteiger partial charge < -0.3 is 15.7 Å². The molecule has 1 aliphatic carbocycles. The zero-order valence-corrected chi connectivity index (χ0v) is 13.8. The third-order valence-electron chi connectivity index (χ3n) is 4.14. The smallest absolute Gasteiger partial charge is 0.219 e. The van der Waals surface area contributed by atoms with Gasteiger partial charge in [0.1, 0.15) is 5.75 Å². The quantitative estimate of drug-likeness (QED) is 0.489. The summed E-state index contributed by atoms with van der Waals surface area (Å²) in [6.45, 7) is 2.55. The number of ketones is 2. The highest BCUT2D eigenvalue weighted by Crippen LogP contribution is 2.36. The molecule has 0 aromatic heterocycles. The highest BCUT2D eigenvalue weighted by molar-refractivity contribution is 6.31. The van der Waals surface area contributed by atoms with Gasteiger partial charge in [-0.3, -0.25) is 14.4 Å². The number of phenols is 1. The van der Waals surface area contributed by atoms with Crippen LogP contribution in [0.2, 0.25) is 0 Å². The first-order valence-electron chi connectivity index (χ1n) is 8.09. The van der Waals surface area contributed by atoms with Crippen LogP contribution < -0.4 is 10.6 Å². The van der Waals surface area contributed by atoms with E-state index in [1.54, 1.807) is 37.3 Å². The van der Waals surface area contributed by atoms with E-state index >= 15 is 0 Å². The number of benzene rings is 2. The number of fused-ring (bicyclic) bond motifs is 2. The highest BCUT2D eigenvalue weighted by Gasteiger charge is 2.33. The summed E-state index contributed by atoms with van der Waals surface area (Å²) >= 11 is 0. The minimum atomic E-state index is -0.370. The van der Waals surface area contributed by atoms with Gasteiger partial charge in [0.05, 0.1) is 11.1 Å². The molecule has 0 heterocycles. The third kappa shape index (κ3) is 2.98. The van der Waals surface area contributed by atoms with Gasteiger partial charge in [0.25, 0.3) is 0 Å². The molecule has 0 unspecified atom stereocenters. The van der Waals surface area contributed by atoms with Crippen molar-refractivity contribution in [3.8, 4) is 5.75 Å².